The van der Waals surface area contributed by atoms with E-state index in [-0.39, 0.29) is 10.5 Å². The Morgan fingerprint density at radius 2 is 2.00 bits per heavy atom. The van der Waals surface area contributed by atoms with Crippen molar-refractivity contribution in [2.24, 2.45) is 5.73 Å². The number of hydrogen-bond acceptors (Lipinski definition) is 3. The molecule has 1 heterocycles. The molecule has 2 rings (SSSR count). The summed E-state index contributed by atoms with van der Waals surface area (Å²) in [6, 6.07) is 7.78. The van der Waals surface area contributed by atoms with Crippen molar-refractivity contribution in [3.8, 4) is 11.3 Å². The molecule has 2 aromatic rings. The number of nitrogens with zero attached hydrogens (tertiary/aromatic N) is 2. The molecule has 0 unspecified atom stereocenters. The molecule has 0 atom stereocenters. The molecule has 0 aliphatic carbocycles. The highest BCUT2D eigenvalue weighted by Gasteiger charge is 2.12. The minimum absolute atomic E-state index is 0.109. The minimum atomic E-state index is -0.225. The standard InChI is InChI=1S/C16H19N3OS/c1-4-7-19-16(20)13(15(17)21)9-14(18-19)12-6-5-10(2)11(3)8-12/h5-6,8-9H,4,7H2,1-3H3,(H2,17,21). The van der Waals surface area contributed by atoms with Crippen molar-refractivity contribution in [2.75, 3.05) is 0 Å². The number of hydrogen-bond donors (Lipinski definition) is 1. The Hall–Kier alpha value is -2.01. The normalized spacial score (nSPS) is 10.6. The monoisotopic (exact) mass is 301 g/mol. The maximum absolute atomic E-state index is 12.2. The number of rotatable bonds is 4. The van der Waals surface area contributed by atoms with Crippen LogP contribution in [0.25, 0.3) is 11.3 Å². The van der Waals surface area contributed by atoms with Gasteiger partial charge in [0.05, 0.1) is 11.3 Å². The third-order valence-corrected chi connectivity index (χ3v) is 3.70. The van der Waals surface area contributed by atoms with Gasteiger partial charge in [0.2, 0.25) is 0 Å². The number of aromatic nitrogens is 2. The van der Waals surface area contributed by atoms with Crippen molar-refractivity contribution in [2.45, 2.75) is 33.7 Å². The molecular weight excluding hydrogens is 282 g/mol. The van der Waals surface area contributed by atoms with Crippen LogP contribution < -0.4 is 11.3 Å². The molecule has 2 N–H and O–H groups in total. The average molecular weight is 301 g/mol. The fourth-order valence-corrected chi connectivity index (χ4v) is 2.27. The molecule has 1 aromatic carbocycles. The molecule has 21 heavy (non-hydrogen) atoms. The summed E-state index contributed by atoms with van der Waals surface area (Å²) in [6.45, 7) is 6.66. The molecule has 0 amide bonds. The number of nitrogens with two attached hydrogens (primary N) is 1. The van der Waals surface area contributed by atoms with Gasteiger partial charge in [0, 0.05) is 12.1 Å². The highest BCUT2D eigenvalue weighted by Crippen LogP contribution is 2.20. The summed E-state index contributed by atoms with van der Waals surface area (Å²) in [6.07, 6.45) is 0.820. The molecule has 0 aliphatic rings. The Morgan fingerprint density at radius 1 is 1.29 bits per heavy atom. The zero-order valence-electron chi connectivity index (χ0n) is 12.5. The number of benzene rings is 1. The maximum atomic E-state index is 12.2. The summed E-state index contributed by atoms with van der Waals surface area (Å²) in [7, 11) is 0. The Morgan fingerprint density at radius 3 is 2.57 bits per heavy atom. The zero-order chi connectivity index (χ0) is 15.6. The fraction of sp³-hybridized carbons (Fsp3) is 0.312. The van der Waals surface area contributed by atoms with Gasteiger partial charge in [-0.1, -0.05) is 31.3 Å². The summed E-state index contributed by atoms with van der Waals surface area (Å²) in [5.41, 5.74) is 9.87. The first kappa shape index (κ1) is 15.4. The van der Waals surface area contributed by atoms with Crippen LogP contribution in [0.1, 0.15) is 30.0 Å². The van der Waals surface area contributed by atoms with Crippen LogP contribution in [-0.4, -0.2) is 14.8 Å². The lowest BCUT2D eigenvalue weighted by molar-refractivity contribution is 0.570. The Kier molecular flexibility index (Phi) is 4.53. The van der Waals surface area contributed by atoms with Gasteiger partial charge in [0.25, 0.3) is 5.56 Å². The predicted molar refractivity (Wildman–Crippen MR) is 89.6 cm³/mol. The zero-order valence-corrected chi connectivity index (χ0v) is 13.3. The van der Waals surface area contributed by atoms with Crippen LogP contribution in [0.15, 0.2) is 29.1 Å². The smallest absolute Gasteiger partial charge is 0.277 e. The van der Waals surface area contributed by atoms with Gasteiger partial charge in [0.1, 0.15) is 4.99 Å². The van der Waals surface area contributed by atoms with Crippen LogP contribution in [0.2, 0.25) is 0 Å². The lowest BCUT2D eigenvalue weighted by Gasteiger charge is -2.10. The highest BCUT2D eigenvalue weighted by atomic mass is 32.1. The minimum Gasteiger partial charge on any atom is -0.389 e. The van der Waals surface area contributed by atoms with Crippen molar-refractivity contribution in [1.29, 1.82) is 0 Å². The summed E-state index contributed by atoms with van der Waals surface area (Å²) in [5, 5.41) is 4.44. The number of thiocarbonyl (C=S) groups is 1. The molecule has 0 radical (unpaired) electrons. The van der Waals surface area contributed by atoms with E-state index in [0.29, 0.717) is 17.8 Å². The van der Waals surface area contributed by atoms with Crippen molar-refractivity contribution in [1.82, 2.24) is 9.78 Å². The lowest BCUT2D eigenvalue weighted by Crippen LogP contribution is -2.31. The van der Waals surface area contributed by atoms with Gasteiger partial charge in [-0.25, -0.2) is 4.68 Å². The van der Waals surface area contributed by atoms with E-state index in [4.69, 9.17) is 18.0 Å². The van der Waals surface area contributed by atoms with E-state index in [1.807, 2.05) is 19.1 Å². The van der Waals surface area contributed by atoms with E-state index in [0.717, 1.165) is 12.0 Å². The first-order chi connectivity index (χ1) is 9.93. The molecule has 5 heteroatoms. The topological polar surface area (TPSA) is 60.9 Å². The first-order valence-electron chi connectivity index (χ1n) is 6.93. The van der Waals surface area contributed by atoms with E-state index in [9.17, 15) is 4.79 Å². The van der Waals surface area contributed by atoms with Gasteiger partial charge in [0.15, 0.2) is 0 Å². The molecule has 0 saturated heterocycles. The summed E-state index contributed by atoms with van der Waals surface area (Å²) >= 11 is 4.99. The fourth-order valence-electron chi connectivity index (χ4n) is 2.12. The van der Waals surface area contributed by atoms with E-state index in [1.54, 1.807) is 6.07 Å². The van der Waals surface area contributed by atoms with Crippen molar-refractivity contribution >= 4 is 17.2 Å². The molecule has 110 valence electrons. The van der Waals surface area contributed by atoms with Gasteiger partial charge in [-0.3, -0.25) is 4.79 Å². The molecule has 0 bridgehead atoms. The van der Waals surface area contributed by atoms with E-state index in [1.165, 1.54) is 15.8 Å². The van der Waals surface area contributed by atoms with Crippen LogP contribution in [0, 0.1) is 13.8 Å². The molecule has 0 saturated carbocycles. The van der Waals surface area contributed by atoms with Gasteiger partial charge in [-0.15, -0.1) is 0 Å². The van der Waals surface area contributed by atoms with Gasteiger partial charge in [-0.2, -0.15) is 5.10 Å². The second-order valence-electron chi connectivity index (χ2n) is 5.13. The molecule has 0 aliphatic heterocycles. The molecule has 1 aromatic heterocycles. The van der Waals surface area contributed by atoms with E-state index >= 15 is 0 Å². The summed E-state index contributed by atoms with van der Waals surface area (Å²) < 4.78 is 1.44. The Balaban J connectivity index is 2.65. The van der Waals surface area contributed by atoms with Crippen LogP contribution in [0.5, 0.6) is 0 Å². The van der Waals surface area contributed by atoms with Crippen LogP contribution >= 0.6 is 12.2 Å². The Bertz CT molecular complexity index is 750. The quantitative estimate of drug-likeness (QED) is 0.882. The summed E-state index contributed by atoms with van der Waals surface area (Å²) in [4.78, 5) is 12.3. The first-order valence-corrected chi connectivity index (χ1v) is 7.34. The summed E-state index contributed by atoms with van der Waals surface area (Å²) in [5.74, 6) is 0. The molecule has 0 spiro atoms. The largest absolute Gasteiger partial charge is 0.389 e. The maximum Gasteiger partial charge on any atom is 0.277 e. The highest BCUT2D eigenvalue weighted by molar-refractivity contribution is 7.80. The van der Waals surface area contributed by atoms with Gasteiger partial charge in [-0.05, 0) is 43.5 Å². The number of aryl methyl sites for hydroxylation is 3. The van der Waals surface area contributed by atoms with Crippen molar-refractivity contribution < 1.29 is 0 Å². The van der Waals surface area contributed by atoms with Crippen LogP contribution in [0.4, 0.5) is 0 Å². The SMILES string of the molecule is CCCn1nc(-c2ccc(C)c(C)c2)cc(C(N)=S)c1=O. The van der Waals surface area contributed by atoms with Crippen molar-refractivity contribution in [3.63, 3.8) is 0 Å². The predicted octanol–water partition coefficient (Wildman–Crippen LogP) is 2.57. The van der Waals surface area contributed by atoms with Gasteiger partial charge >= 0.3 is 0 Å². The third-order valence-electron chi connectivity index (χ3n) is 3.48. The van der Waals surface area contributed by atoms with Gasteiger partial charge < -0.3 is 5.73 Å². The second-order valence-corrected chi connectivity index (χ2v) is 5.57. The molecular formula is C16H19N3OS. The lowest BCUT2D eigenvalue weighted by atomic mass is 10.0. The van der Waals surface area contributed by atoms with Crippen molar-refractivity contribution in [3.05, 3.63) is 51.3 Å². The molecule has 0 fully saturated rings. The van der Waals surface area contributed by atoms with E-state index in [2.05, 4.69) is 25.0 Å². The molecule has 4 nitrogen and oxygen atoms in total. The Labute approximate surface area is 129 Å². The van der Waals surface area contributed by atoms with E-state index < -0.39 is 0 Å². The van der Waals surface area contributed by atoms with Crippen LogP contribution in [0.3, 0.4) is 0 Å². The third kappa shape index (κ3) is 3.19. The average Bonchev–Trinajstić information content (AvgIpc) is 2.44. The van der Waals surface area contributed by atoms with Crippen LogP contribution in [-0.2, 0) is 6.54 Å². The second kappa shape index (κ2) is 6.18.